The zero-order chi connectivity index (χ0) is 14.8. The topological polar surface area (TPSA) is 21.3 Å². The summed E-state index contributed by atoms with van der Waals surface area (Å²) in [6, 6.07) is 13.8. The van der Waals surface area contributed by atoms with Gasteiger partial charge in [-0.15, -0.1) is 0 Å². The summed E-state index contributed by atoms with van der Waals surface area (Å²) in [5.74, 6) is 0.727. The van der Waals surface area contributed by atoms with Gasteiger partial charge in [0, 0.05) is 12.1 Å². The SMILES string of the molecule is COc1ccc(C(C)NC2CCc3cc(F)ccc32)cc1. The first-order chi connectivity index (χ1) is 10.2. The molecule has 0 fully saturated rings. The van der Waals surface area contributed by atoms with Crippen molar-refractivity contribution in [1.82, 2.24) is 5.32 Å². The maximum absolute atomic E-state index is 13.3. The molecule has 0 aromatic heterocycles. The van der Waals surface area contributed by atoms with Crippen molar-refractivity contribution in [2.24, 2.45) is 0 Å². The van der Waals surface area contributed by atoms with E-state index in [1.807, 2.05) is 18.2 Å². The molecule has 21 heavy (non-hydrogen) atoms. The van der Waals surface area contributed by atoms with Crippen LogP contribution in [0, 0.1) is 5.82 Å². The van der Waals surface area contributed by atoms with E-state index in [0.29, 0.717) is 6.04 Å². The molecular weight excluding hydrogens is 265 g/mol. The van der Waals surface area contributed by atoms with Crippen LogP contribution >= 0.6 is 0 Å². The number of benzene rings is 2. The van der Waals surface area contributed by atoms with Gasteiger partial charge in [-0.3, -0.25) is 0 Å². The smallest absolute Gasteiger partial charge is 0.123 e. The summed E-state index contributed by atoms with van der Waals surface area (Å²) in [5.41, 5.74) is 3.59. The van der Waals surface area contributed by atoms with Crippen LogP contribution in [0.4, 0.5) is 4.39 Å². The monoisotopic (exact) mass is 285 g/mol. The van der Waals surface area contributed by atoms with Crippen LogP contribution < -0.4 is 10.1 Å². The van der Waals surface area contributed by atoms with Crippen LogP contribution in [0.15, 0.2) is 42.5 Å². The summed E-state index contributed by atoms with van der Waals surface area (Å²) in [5, 5.41) is 3.64. The number of fused-ring (bicyclic) bond motifs is 1. The number of nitrogens with one attached hydrogen (secondary N) is 1. The Balaban J connectivity index is 1.72. The van der Waals surface area contributed by atoms with Crippen LogP contribution in [0.3, 0.4) is 0 Å². The van der Waals surface area contributed by atoms with Gasteiger partial charge in [0.1, 0.15) is 11.6 Å². The van der Waals surface area contributed by atoms with Crippen LogP contribution in [-0.2, 0) is 6.42 Å². The second-order valence-corrected chi connectivity index (χ2v) is 5.60. The van der Waals surface area contributed by atoms with E-state index in [0.717, 1.165) is 24.2 Å². The molecule has 0 radical (unpaired) electrons. The summed E-state index contributed by atoms with van der Waals surface area (Å²) in [6.45, 7) is 2.16. The lowest BCUT2D eigenvalue weighted by molar-refractivity contribution is 0.414. The van der Waals surface area contributed by atoms with Crippen molar-refractivity contribution in [3.63, 3.8) is 0 Å². The number of aryl methyl sites for hydroxylation is 1. The van der Waals surface area contributed by atoms with Gasteiger partial charge in [0.25, 0.3) is 0 Å². The Kier molecular flexibility index (Phi) is 3.93. The molecule has 1 aliphatic rings. The maximum atomic E-state index is 13.3. The zero-order valence-corrected chi connectivity index (χ0v) is 12.4. The van der Waals surface area contributed by atoms with Gasteiger partial charge in [-0.1, -0.05) is 18.2 Å². The molecule has 3 rings (SSSR count). The summed E-state index contributed by atoms with van der Waals surface area (Å²) in [6.07, 6.45) is 1.97. The molecule has 2 atom stereocenters. The molecule has 0 saturated carbocycles. The number of hydrogen-bond donors (Lipinski definition) is 1. The first kappa shape index (κ1) is 14.1. The molecule has 110 valence electrons. The Labute approximate surface area is 125 Å². The Hall–Kier alpha value is -1.87. The highest BCUT2D eigenvalue weighted by molar-refractivity contribution is 5.36. The molecule has 0 saturated heterocycles. The van der Waals surface area contributed by atoms with Crippen molar-refractivity contribution < 1.29 is 9.13 Å². The number of halogens is 1. The van der Waals surface area contributed by atoms with E-state index in [2.05, 4.69) is 24.4 Å². The fraction of sp³-hybridized carbons (Fsp3) is 0.333. The predicted molar refractivity (Wildman–Crippen MR) is 82.0 cm³/mol. The van der Waals surface area contributed by atoms with Crippen LogP contribution in [0.25, 0.3) is 0 Å². The van der Waals surface area contributed by atoms with E-state index in [9.17, 15) is 4.39 Å². The van der Waals surface area contributed by atoms with Gasteiger partial charge in [0.2, 0.25) is 0 Å². The molecule has 2 nitrogen and oxygen atoms in total. The molecule has 2 aromatic rings. The molecule has 0 bridgehead atoms. The lowest BCUT2D eigenvalue weighted by Crippen LogP contribution is -2.23. The number of ether oxygens (including phenoxy) is 1. The van der Waals surface area contributed by atoms with E-state index >= 15 is 0 Å². The highest BCUT2D eigenvalue weighted by Crippen LogP contribution is 2.33. The molecule has 0 heterocycles. The number of rotatable bonds is 4. The highest BCUT2D eigenvalue weighted by atomic mass is 19.1. The van der Waals surface area contributed by atoms with Crippen molar-refractivity contribution in [3.8, 4) is 5.75 Å². The Morgan fingerprint density at radius 1 is 1.19 bits per heavy atom. The second-order valence-electron chi connectivity index (χ2n) is 5.60. The van der Waals surface area contributed by atoms with Gasteiger partial charge < -0.3 is 10.1 Å². The van der Waals surface area contributed by atoms with Gasteiger partial charge in [0.15, 0.2) is 0 Å². The normalized spacial score (nSPS) is 18.3. The third-order valence-electron chi connectivity index (χ3n) is 4.25. The largest absolute Gasteiger partial charge is 0.497 e. The van der Waals surface area contributed by atoms with Gasteiger partial charge in [-0.2, -0.15) is 0 Å². The summed E-state index contributed by atoms with van der Waals surface area (Å²) < 4.78 is 18.4. The van der Waals surface area contributed by atoms with Crippen molar-refractivity contribution in [1.29, 1.82) is 0 Å². The average molecular weight is 285 g/mol. The van der Waals surface area contributed by atoms with Gasteiger partial charge in [-0.05, 0) is 60.7 Å². The van der Waals surface area contributed by atoms with Crippen LogP contribution in [-0.4, -0.2) is 7.11 Å². The Bertz CT molecular complexity index is 624. The third-order valence-corrected chi connectivity index (χ3v) is 4.25. The Morgan fingerprint density at radius 2 is 1.95 bits per heavy atom. The van der Waals surface area contributed by atoms with Crippen molar-refractivity contribution in [2.45, 2.75) is 31.8 Å². The summed E-state index contributed by atoms with van der Waals surface area (Å²) in [7, 11) is 1.67. The minimum atomic E-state index is -0.141. The van der Waals surface area contributed by atoms with E-state index in [1.54, 1.807) is 19.2 Å². The average Bonchev–Trinajstić information content (AvgIpc) is 2.89. The molecule has 2 aromatic carbocycles. The fourth-order valence-electron chi connectivity index (χ4n) is 3.05. The molecule has 0 amide bonds. The van der Waals surface area contributed by atoms with Crippen molar-refractivity contribution >= 4 is 0 Å². The van der Waals surface area contributed by atoms with Gasteiger partial charge in [-0.25, -0.2) is 4.39 Å². The lowest BCUT2D eigenvalue weighted by Gasteiger charge is -2.21. The first-order valence-electron chi connectivity index (χ1n) is 7.35. The lowest BCUT2D eigenvalue weighted by atomic mass is 10.0. The summed E-state index contributed by atoms with van der Waals surface area (Å²) >= 11 is 0. The van der Waals surface area contributed by atoms with Crippen molar-refractivity contribution in [2.75, 3.05) is 7.11 Å². The minimum Gasteiger partial charge on any atom is -0.497 e. The minimum absolute atomic E-state index is 0.141. The molecule has 1 aliphatic carbocycles. The third kappa shape index (κ3) is 2.93. The standard InChI is InChI=1S/C18H20FNO/c1-12(13-3-7-16(21-2)8-4-13)20-18-10-5-14-11-15(19)6-9-17(14)18/h3-4,6-9,11-12,18,20H,5,10H2,1-2H3. The van der Waals surface area contributed by atoms with Gasteiger partial charge >= 0.3 is 0 Å². The van der Waals surface area contributed by atoms with Crippen LogP contribution in [0.5, 0.6) is 5.75 Å². The van der Waals surface area contributed by atoms with E-state index in [4.69, 9.17) is 4.74 Å². The van der Waals surface area contributed by atoms with E-state index in [-0.39, 0.29) is 11.9 Å². The number of hydrogen-bond acceptors (Lipinski definition) is 2. The molecule has 2 unspecified atom stereocenters. The highest BCUT2D eigenvalue weighted by Gasteiger charge is 2.24. The second kappa shape index (κ2) is 5.86. The van der Waals surface area contributed by atoms with Gasteiger partial charge in [0.05, 0.1) is 7.11 Å². The van der Waals surface area contributed by atoms with Crippen LogP contribution in [0.1, 0.15) is 42.1 Å². The maximum Gasteiger partial charge on any atom is 0.123 e. The van der Waals surface area contributed by atoms with E-state index in [1.165, 1.54) is 11.1 Å². The fourth-order valence-corrected chi connectivity index (χ4v) is 3.05. The molecule has 0 aliphatic heterocycles. The number of methoxy groups -OCH3 is 1. The predicted octanol–water partition coefficient (Wildman–Crippen LogP) is 4.17. The molecule has 1 N–H and O–H groups in total. The van der Waals surface area contributed by atoms with Crippen LogP contribution in [0.2, 0.25) is 0 Å². The zero-order valence-electron chi connectivity index (χ0n) is 12.4. The first-order valence-corrected chi connectivity index (χ1v) is 7.35. The Morgan fingerprint density at radius 3 is 2.67 bits per heavy atom. The summed E-state index contributed by atoms with van der Waals surface area (Å²) in [4.78, 5) is 0. The molecular formula is C18H20FNO. The molecule has 3 heteroatoms. The van der Waals surface area contributed by atoms with E-state index < -0.39 is 0 Å². The quantitative estimate of drug-likeness (QED) is 0.910. The van der Waals surface area contributed by atoms with Crippen molar-refractivity contribution in [3.05, 3.63) is 65.0 Å². The molecule has 0 spiro atoms.